The first kappa shape index (κ1) is 15.9. The fourth-order valence-corrected chi connectivity index (χ4v) is 2.14. The lowest BCUT2D eigenvalue weighted by atomic mass is 10.0. The average molecular weight is 318 g/mol. The van der Waals surface area contributed by atoms with Crippen LogP contribution >= 0.6 is 11.6 Å². The van der Waals surface area contributed by atoms with Gasteiger partial charge in [-0.25, -0.2) is 4.68 Å². The van der Waals surface area contributed by atoms with Crippen molar-refractivity contribution in [2.24, 2.45) is 5.73 Å². The molecule has 0 aliphatic heterocycles. The number of hydrogen-bond acceptors (Lipinski definition) is 2. The second-order valence-electron chi connectivity index (χ2n) is 4.79. The van der Waals surface area contributed by atoms with E-state index in [9.17, 15) is 13.2 Å². The Morgan fingerprint density at radius 2 is 2.05 bits per heavy atom. The van der Waals surface area contributed by atoms with Crippen molar-refractivity contribution in [3.8, 4) is 5.69 Å². The second kappa shape index (κ2) is 6.07. The highest BCUT2D eigenvalue weighted by Crippen LogP contribution is 2.28. The molecule has 1 unspecified atom stereocenters. The van der Waals surface area contributed by atoms with Gasteiger partial charge < -0.3 is 5.73 Å². The number of hydrogen-bond donors (Lipinski definition) is 1. The number of aromatic nitrogens is 2. The fourth-order valence-electron chi connectivity index (χ4n) is 1.89. The Bertz CT molecular complexity index is 622. The summed E-state index contributed by atoms with van der Waals surface area (Å²) < 4.78 is 38.7. The monoisotopic (exact) mass is 317 g/mol. The molecule has 3 nitrogen and oxygen atoms in total. The summed E-state index contributed by atoms with van der Waals surface area (Å²) >= 11 is 6.16. The Hall–Kier alpha value is -1.53. The lowest BCUT2D eigenvalue weighted by Gasteiger charge is -2.11. The van der Waals surface area contributed by atoms with Crippen LogP contribution < -0.4 is 5.73 Å². The van der Waals surface area contributed by atoms with E-state index in [4.69, 9.17) is 17.3 Å². The lowest BCUT2D eigenvalue weighted by molar-refractivity contribution is -0.141. The molecule has 114 valence electrons. The predicted molar refractivity (Wildman–Crippen MR) is 75.5 cm³/mol. The maximum atomic E-state index is 12.5. The van der Waals surface area contributed by atoms with Crippen LogP contribution in [0.15, 0.2) is 30.5 Å². The van der Waals surface area contributed by atoms with Crippen LogP contribution in [0.3, 0.4) is 0 Å². The molecule has 7 heteroatoms. The molecule has 0 aliphatic carbocycles. The van der Waals surface area contributed by atoms with E-state index in [0.717, 1.165) is 22.7 Å². The van der Waals surface area contributed by atoms with Crippen molar-refractivity contribution >= 4 is 11.6 Å². The zero-order valence-corrected chi connectivity index (χ0v) is 12.1. The van der Waals surface area contributed by atoms with Gasteiger partial charge in [-0.15, -0.1) is 0 Å². The Kier molecular flexibility index (Phi) is 4.58. The molecule has 21 heavy (non-hydrogen) atoms. The van der Waals surface area contributed by atoms with Crippen LogP contribution in [0.5, 0.6) is 0 Å². The molecule has 0 spiro atoms. The summed E-state index contributed by atoms with van der Waals surface area (Å²) in [5.41, 5.74) is 6.29. The molecule has 0 saturated heterocycles. The van der Waals surface area contributed by atoms with Crippen LogP contribution in [0.2, 0.25) is 5.02 Å². The molecule has 0 aliphatic rings. The standard InChI is InChI=1S/C14H15ClF3N3/c1-2-10(19)7-9-3-4-11(8-12(9)15)21-6-5-13(20-21)14(16,17)18/h3-6,8,10H,2,7,19H2,1H3. The molecule has 0 saturated carbocycles. The van der Waals surface area contributed by atoms with Crippen LogP contribution in [0.25, 0.3) is 5.69 Å². The summed E-state index contributed by atoms with van der Waals surface area (Å²) in [5.74, 6) is 0. The molecule has 2 N–H and O–H groups in total. The van der Waals surface area contributed by atoms with Crippen LogP contribution in [0.4, 0.5) is 13.2 Å². The van der Waals surface area contributed by atoms with Gasteiger partial charge in [0.1, 0.15) is 0 Å². The largest absolute Gasteiger partial charge is 0.435 e. The van der Waals surface area contributed by atoms with Crippen LogP contribution in [-0.4, -0.2) is 15.8 Å². The number of halogens is 4. The van der Waals surface area contributed by atoms with Gasteiger partial charge in [0.2, 0.25) is 0 Å². The van der Waals surface area contributed by atoms with Gasteiger partial charge in [-0.1, -0.05) is 24.6 Å². The highest BCUT2D eigenvalue weighted by molar-refractivity contribution is 6.31. The molecule has 0 radical (unpaired) electrons. The van der Waals surface area contributed by atoms with E-state index in [0.29, 0.717) is 17.1 Å². The zero-order chi connectivity index (χ0) is 15.6. The molecule has 1 aromatic heterocycles. The maximum absolute atomic E-state index is 12.5. The molecule has 1 aromatic carbocycles. The minimum absolute atomic E-state index is 0.00915. The van der Waals surface area contributed by atoms with E-state index in [-0.39, 0.29) is 6.04 Å². The van der Waals surface area contributed by atoms with E-state index >= 15 is 0 Å². The van der Waals surface area contributed by atoms with E-state index < -0.39 is 11.9 Å². The first-order valence-electron chi connectivity index (χ1n) is 6.48. The third-order valence-corrected chi connectivity index (χ3v) is 3.54. The van der Waals surface area contributed by atoms with Gasteiger partial charge >= 0.3 is 6.18 Å². The highest BCUT2D eigenvalue weighted by atomic mass is 35.5. The third-order valence-electron chi connectivity index (χ3n) is 3.19. The van der Waals surface area contributed by atoms with E-state index in [1.54, 1.807) is 18.2 Å². The van der Waals surface area contributed by atoms with Gasteiger partial charge in [0.25, 0.3) is 0 Å². The Morgan fingerprint density at radius 3 is 2.57 bits per heavy atom. The number of rotatable bonds is 4. The quantitative estimate of drug-likeness (QED) is 0.931. The predicted octanol–water partition coefficient (Wildman–Crippen LogP) is 3.82. The first-order valence-corrected chi connectivity index (χ1v) is 6.86. The summed E-state index contributed by atoms with van der Waals surface area (Å²) in [4.78, 5) is 0. The normalized spacial score (nSPS) is 13.4. The van der Waals surface area contributed by atoms with E-state index in [1.165, 1.54) is 6.20 Å². The zero-order valence-electron chi connectivity index (χ0n) is 11.4. The van der Waals surface area contributed by atoms with Gasteiger partial charge in [-0.2, -0.15) is 18.3 Å². The molecular formula is C14H15ClF3N3. The number of alkyl halides is 3. The summed E-state index contributed by atoms with van der Waals surface area (Å²) in [5, 5.41) is 3.98. The minimum atomic E-state index is -4.46. The molecule has 1 atom stereocenters. The van der Waals surface area contributed by atoms with E-state index in [1.807, 2.05) is 6.92 Å². The molecule has 1 heterocycles. The topological polar surface area (TPSA) is 43.8 Å². The van der Waals surface area contributed by atoms with Gasteiger partial charge in [0.15, 0.2) is 5.69 Å². The number of nitrogens with zero attached hydrogens (tertiary/aromatic N) is 2. The van der Waals surface area contributed by atoms with Gasteiger partial charge in [0, 0.05) is 17.3 Å². The molecule has 2 rings (SSSR count). The van der Waals surface area contributed by atoms with Crippen molar-refractivity contribution in [2.45, 2.75) is 32.0 Å². The molecule has 0 bridgehead atoms. The van der Waals surface area contributed by atoms with E-state index in [2.05, 4.69) is 5.10 Å². The van der Waals surface area contributed by atoms with Crippen LogP contribution in [0, 0.1) is 0 Å². The smallest absolute Gasteiger partial charge is 0.327 e. The highest BCUT2D eigenvalue weighted by Gasteiger charge is 2.33. The molecular weight excluding hydrogens is 303 g/mol. The van der Waals surface area contributed by atoms with Crippen molar-refractivity contribution in [1.82, 2.24) is 9.78 Å². The molecule has 2 aromatic rings. The van der Waals surface area contributed by atoms with Crippen LogP contribution in [-0.2, 0) is 12.6 Å². The Labute approximate surface area is 125 Å². The minimum Gasteiger partial charge on any atom is -0.327 e. The maximum Gasteiger partial charge on any atom is 0.435 e. The van der Waals surface area contributed by atoms with Crippen molar-refractivity contribution in [2.75, 3.05) is 0 Å². The van der Waals surface area contributed by atoms with Gasteiger partial charge in [-0.3, -0.25) is 0 Å². The summed E-state index contributed by atoms with van der Waals surface area (Å²) in [7, 11) is 0. The van der Waals surface area contributed by atoms with Crippen LogP contribution in [0.1, 0.15) is 24.6 Å². The van der Waals surface area contributed by atoms with Gasteiger partial charge in [0.05, 0.1) is 5.69 Å². The summed E-state index contributed by atoms with van der Waals surface area (Å²) in [6.45, 7) is 1.98. The SMILES string of the molecule is CCC(N)Cc1ccc(-n2ccc(C(F)(F)F)n2)cc1Cl. The fraction of sp³-hybridized carbons (Fsp3) is 0.357. The van der Waals surface area contributed by atoms with Crippen molar-refractivity contribution in [1.29, 1.82) is 0 Å². The Balaban J connectivity index is 2.26. The van der Waals surface area contributed by atoms with Crippen molar-refractivity contribution < 1.29 is 13.2 Å². The lowest BCUT2D eigenvalue weighted by Crippen LogP contribution is -2.21. The first-order chi connectivity index (χ1) is 9.81. The summed E-state index contributed by atoms with van der Waals surface area (Å²) in [6.07, 6.45) is -1.75. The van der Waals surface area contributed by atoms with Crippen molar-refractivity contribution in [3.63, 3.8) is 0 Å². The molecule has 0 fully saturated rings. The van der Waals surface area contributed by atoms with Gasteiger partial charge in [-0.05, 0) is 36.6 Å². The van der Waals surface area contributed by atoms with Crippen molar-refractivity contribution in [3.05, 3.63) is 46.7 Å². The Morgan fingerprint density at radius 1 is 1.33 bits per heavy atom. The number of nitrogens with two attached hydrogens (primary N) is 1. The second-order valence-corrected chi connectivity index (χ2v) is 5.20. The summed E-state index contributed by atoms with van der Waals surface area (Å²) in [6, 6.07) is 5.97. The molecule has 0 amide bonds. The third kappa shape index (κ3) is 3.77. The average Bonchev–Trinajstić information content (AvgIpc) is 2.90. The number of benzene rings is 1.